The SMILES string of the molecule is CN(c1ccccc1)c1ccc(/C=C(\C#N)c2nnc3n2CCCCC3)cc1[N+](=O)[O-]. The monoisotopic (exact) mass is 414 g/mol. The Bertz CT molecular complexity index is 1180. The van der Waals surface area contributed by atoms with Gasteiger partial charge in [0.1, 0.15) is 17.6 Å². The zero-order chi connectivity index (χ0) is 21.8. The van der Waals surface area contributed by atoms with Crippen molar-refractivity contribution >= 4 is 28.7 Å². The number of nitro groups is 1. The predicted octanol–water partition coefficient (Wildman–Crippen LogP) is 4.74. The summed E-state index contributed by atoms with van der Waals surface area (Å²) in [5.41, 5.74) is 2.21. The van der Waals surface area contributed by atoms with Gasteiger partial charge in [-0.2, -0.15) is 5.26 Å². The number of aromatic nitrogens is 3. The number of aryl methyl sites for hydroxylation is 1. The average Bonchev–Trinajstić information content (AvgIpc) is 3.04. The Labute approximate surface area is 180 Å². The van der Waals surface area contributed by atoms with Gasteiger partial charge >= 0.3 is 0 Å². The van der Waals surface area contributed by atoms with E-state index in [0.29, 0.717) is 22.6 Å². The molecule has 0 aliphatic carbocycles. The lowest BCUT2D eigenvalue weighted by atomic mass is 10.1. The molecule has 31 heavy (non-hydrogen) atoms. The summed E-state index contributed by atoms with van der Waals surface area (Å²) in [7, 11) is 1.79. The van der Waals surface area contributed by atoms with E-state index < -0.39 is 4.92 Å². The molecule has 8 heteroatoms. The third-order valence-corrected chi connectivity index (χ3v) is 5.48. The molecule has 3 aromatic rings. The van der Waals surface area contributed by atoms with Crippen molar-refractivity contribution in [2.24, 2.45) is 0 Å². The summed E-state index contributed by atoms with van der Waals surface area (Å²) in [5.74, 6) is 1.41. The highest BCUT2D eigenvalue weighted by atomic mass is 16.6. The van der Waals surface area contributed by atoms with Crippen LogP contribution in [0.15, 0.2) is 48.5 Å². The minimum atomic E-state index is -0.402. The molecule has 8 nitrogen and oxygen atoms in total. The van der Waals surface area contributed by atoms with Gasteiger partial charge in [0.2, 0.25) is 0 Å². The van der Waals surface area contributed by atoms with E-state index in [9.17, 15) is 15.4 Å². The maximum absolute atomic E-state index is 11.8. The fraction of sp³-hybridized carbons (Fsp3) is 0.261. The number of hydrogen-bond acceptors (Lipinski definition) is 6. The molecule has 0 fully saturated rings. The van der Waals surface area contributed by atoms with Crippen LogP contribution >= 0.6 is 0 Å². The lowest BCUT2D eigenvalue weighted by Crippen LogP contribution is -2.11. The fourth-order valence-corrected chi connectivity index (χ4v) is 3.85. The smallest absolute Gasteiger partial charge is 0.293 e. The van der Waals surface area contributed by atoms with E-state index in [0.717, 1.165) is 43.7 Å². The maximum Gasteiger partial charge on any atom is 0.293 e. The van der Waals surface area contributed by atoms with Crippen LogP contribution in [0.5, 0.6) is 0 Å². The van der Waals surface area contributed by atoms with Crippen LogP contribution in [-0.2, 0) is 13.0 Å². The molecule has 2 aromatic carbocycles. The first-order chi connectivity index (χ1) is 15.1. The second-order valence-electron chi connectivity index (χ2n) is 7.47. The van der Waals surface area contributed by atoms with Gasteiger partial charge in [-0.3, -0.25) is 10.1 Å². The van der Waals surface area contributed by atoms with Crippen molar-refractivity contribution < 1.29 is 4.92 Å². The summed E-state index contributed by atoms with van der Waals surface area (Å²) in [6.45, 7) is 0.775. The number of nitriles is 1. The first-order valence-corrected chi connectivity index (χ1v) is 10.2. The molecule has 0 N–H and O–H groups in total. The highest BCUT2D eigenvalue weighted by Gasteiger charge is 2.21. The van der Waals surface area contributed by atoms with Gasteiger partial charge < -0.3 is 9.47 Å². The number of nitro benzene ring substituents is 1. The predicted molar refractivity (Wildman–Crippen MR) is 119 cm³/mol. The molecule has 1 aliphatic heterocycles. The second kappa shape index (κ2) is 8.79. The van der Waals surface area contributed by atoms with Gasteiger partial charge in [0, 0.05) is 31.8 Å². The van der Waals surface area contributed by atoms with Crippen LogP contribution in [0.3, 0.4) is 0 Å². The molecule has 0 saturated heterocycles. The zero-order valence-electron chi connectivity index (χ0n) is 17.2. The van der Waals surface area contributed by atoms with Crippen molar-refractivity contribution in [3.63, 3.8) is 0 Å². The van der Waals surface area contributed by atoms with Gasteiger partial charge in [-0.1, -0.05) is 30.7 Å². The number of rotatable bonds is 5. The highest BCUT2D eigenvalue weighted by Crippen LogP contribution is 2.34. The number of nitrogens with zero attached hydrogens (tertiary/aromatic N) is 6. The van der Waals surface area contributed by atoms with Crippen LogP contribution < -0.4 is 4.90 Å². The minimum absolute atomic E-state index is 0.0301. The first kappa shape index (κ1) is 20.3. The summed E-state index contributed by atoms with van der Waals surface area (Å²) >= 11 is 0. The van der Waals surface area contributed by atoms with Crippen LogP contribution in [0.1, 0.15) is 36.5 Å². The molecule has 0 spiro atoms. The van der Waals surface area contributed by atoms with Crippen molar-refractivity contribution in [2.75, 3.05) is 11.9 Å². The number of hydrogen-bond donors (Lipinski definition) is 0. The third kappa shape index (κ3) is 4.16. The van der Waals surface area contributed by atoms with Crippen LogP contribution in [-0.4, -0.2) is 26.7 Å². The molecule has 0 amide bonds. The lowest BCUT2D eigenvalue weighted by molar-refractivity contribution is -0.384. The van der Waals surface area contributed by atoms with E-state index >= 15 is 0 Å². The standard InChI is InChI=1S/C23H22N6O2/c1-27(19-8-4-2-5-9-19)20-12-11-17(15-21(20)29(30)31)14-18(16-24)23-26-25-22-10-6-3-7-13-28(22)23/h2,4-5,8-9,11-12,14-15H,3,6-7,10,13H2,1H3/b18-14+. The molecule has 4 rings (SSSR count). The molecule has 0 radical (unpaired) electrons. The van der Waals surface area contributed by atoms with Gasteiger partial charge in [-0.15, -0.1) is 10.2 Å². The molecular weight excluding hydrogens is 392 g/mol. The summed E-state index contributed by atoms with van der Waals surface area (Å²) in [4.78, 5) is 13.2. The number of para-hydroxylation sites is 1. The Morgan fingerprint density at radius 1 is 1.19 bits per heavy atom. The summed E-state index contributed by atoms with van der Waals surface area (Å²) < 4.78 is 1.99. The topological polar surface area (TPSA) is 101 Å². The van der Waals surface area contributed by atoms with Crippen molar-refractivity contribution in [1.29, 1.82) is 5.26 Å². The average molecular weight is 414 g/mol. The van der Waals surface area contributed by atoms with Gasteiger partial charge in [0.25, 0.3) is 5.69 Å². The van der Waals surface area contributed by atoms with E-state index in [1.165, 1.54) is 6.07 Å². The van der Waals surface area contributed by atoms with E-state index in [2.05, 4.69) is 16.3 Å². The molecule has 2 heterocycles. The van der Waals surface area contributed by atoms with Gasteiger partial charge in [0.15, 0.2) is 5.82 Å². The van der Waals surface area contributed by atoms with Gasteiger partial charge in [-0.25, -0.2) is 0 Å². The van der Waals surface area contributed by atoms with Gasteiger partial charge in [-0.05, 0) is 42.7 Å². The second-order valence-corrected chi connectivity index (χ2v) is 7.47. The third-order valence-electron chi connectivity index (χ3n) is 5.48. The first-order valence-electron chi connectivity index (χ1n) is 10.2. The van der Waals surface area contributed by atoms with Crippen LogP contribution in [0.2, 0.25) is 0 Å². The Hall–Kier alpha value is -3.99. The largest absolute Gasteiger partial charge is 0.339 e. The molecule has 1 aromatic heterocycles. The van der Waals surface area contributed by atoms with E-state index in [4.69, 9.17) is 0 Å². The molecule has 0 unspecified atom stereocenters. The van der Waals surface area contributed by atoms with Crippen molar-refractivity contribution in [2.45, 2.75) is 32.2 Å². The number of anilines is 2. The Morgan fingerprint density at radius 3 is 2.74 bits per heavy atom. The minimum Gasteiger partial charge on any atom is -0.339 e. The van der Waals surface area contributed by atoms with Crippen molar-refractivity contribution in [3.8, 4) is 6.07 Å². The van der Waals surface area contributed by atoms with Crippen molar-refractivity contribution in [3.05, 3.63) is 75.9 Å². The van der Waals surface area contributed by atoms with Crippen molar-refractivity contribution in [1.82, 2.24) is 14.8 Å². The Morgan fingerprint density at radius 2 is 2.00 bits per heavy atom. The lowest BCUT2D eigenvalue weighted by Gasteiger charge is -2.19. The molecule has 156 valence electrons. The number of allylic oxidation sites excluding steroid dienone is 1. The quantitative estimate of drug-likeness (QED) is 0.339. The summed E-state index contributed by atoms with van der Waals surface area (Å²) in [6, 6.07) is 16.6. The van der Waals surface area contributed by atoms with E-state index in [1.54, 1.807) is 30.2 Å². The maximum atomic E-state index is 11.8. The number of benzene rings is 2. The molecule has 1 aliphatic rings. The Kier molecular flexibility index (Phi) is 5.76. The highest BCUT2D eigenvalue weighted by molar-refractivity contribution is 5.88. The van der Waals surface area contributed by atoms with Crippen LogP contribution in [0.4, 0.5) is 17.1 Å². The fourth-order valence-electron chi connectivity index (χ4n) is 3.85. The molecule has 0 atom stereocenters. The summed E-state index contributed by atoms with van der Waals surface area (Å²) in [5, 5.41) is 30.0. The van der Waals surface area contributed by atoms with E-state index in [-0.39, 0.29) is 5.69 Å². The molecule has 0 bridgehead atoms. The zero-order valence-corrected chi connectivity index (χ0v) is 17.2. The Balaban J connectivity index is 1.72. The summed E-state index contributed by atoms with van der Waals surface area (Å²) in [6.07, 6.45) is 5.69. The number of fused-ring (bicyclic) bond motifs is 1. The molecule has 0 saturated carbocycles. The van der Waals surface area contributed by atoms with Crippen LogP contribution in [0.25, 0.3) is 11.6 Å². The normalized spacial score (nSPS) is 13.7. The molecular formula is C23H22N6O2. The van der Waals surface area contributed by atoms with Crippen LogP contribution in [0, 0.1) is 21.4 Å². The van der Waals surface area contributed by atoms with Gasteiger partial charge in [0.05, 0.1) is 10.5 Å². The van der Waals surface area contributed by atoms with E-state index in [1.807, 2.05) is 34.9 Å².